The predicted molar refractivity (Wildman–Crippen MR) is 295 cm³/mol. The van der Waals surface area contributed by atoms with Gasteiger partial charge in [0.25, 0.3) is 0 Å². The Morgan fingerprint density at radius 2 is 1.24 bits per heavy atom. The van der Waals surface area contributed by atoms with Gasteiger partial charge in [-0.05, 0) is 161 Å². The molecule has 0 saturated carbocycles. The minimum Gasteiger partial charge on any atom is -0.497 e. The summed E-state index contributed by atoms with van der Waals surface area (Å²) >= 11 is 3.80. The first-order valence-electron chi connectivity index (χ1n) is 19.7. The van der Waals surface area contributed by atoms with E-state index in [1.165, 1.54) is 0 Å². The van der Waals surface area contributed by atoms with Crippen LogP contribution in [0.15, 0.2) is 51.9 Å². The van der Waals surface area contributed by atoms with Crippen molar-refractivity contribution in [3.63, 3.8) is 0 Å². The molecule has 12 heteroatoms. The average Bonchev–Trinajstić information content (AvgIpc) is 3.39. The summed E-state index contributed by atoms with van der Waals surface area (Å²) in [5, 5.41) is 25.5. The van der Waals surface area contributed by atoms with Gasteiger partial charge >= 0.3 is 0 Å². The summed E-state index contributed by atoms with van der Waals surface area (Å²) < 4.78 is 35.6. The second-order valence-electron chi connectivity index (χ2n) is 13.2. The van der Waals surface area contributed by atoms with E-state index in [1.807, 2.05) is 55.4 Å². The molecule has 364 valence electrons. The van der Waals surface area contributed by atoms with Gasteiger partial charge in [0.05, 0.1) is 36.3 Å². The van der Waals surface area contributed by atoms with Crippen LogP contribution in [-0.2, 0) is 37.3 Å². The molecule has 66 heavy (non-hydrogen) atoms. The largest absolute Gasteiger partial charge is 0.497 e. The van der Waals surface area contributed by atoms with Gasteiger partial charge in [-0.1, -0.05) is 57.6 Å². The molecular formula is C54H78N2O8S2. The fourth-order valence-electron chi connectivity index (χ4n) is 6.01. The third kappa shape index (κ3) is 21.8. The number of fused-ring (bicyclic) bond motifs is 1. The summed E-state index contributed by atoms with van der Waals surface area (Å²) in [5.74, 6) is 62.1. The molecule has 0 unspecified atom stereocenters. The first kappa shape index (κ1) is 55.9. The van der Waals surface area contributed by atoms with Crippen molar-refractivity contribution in [1.29, 1.82) is 0 Å². The molecule has 2 aromatic carbocycles. The third-order valence-corrected chi connectivity index (χ3v) is 10.8. The number of sulfone groups is 1. The highest BCUT2D eigenvalue weighted by Crippen LogP contribution is 2.50. The molecule has 0 aliphatic carbocycles. The van der Waals surface area contributed by atoms with E-state index in [-0.39, 0.29) is 30.0 Å². The van der Waals surface area contributed by atoms with Crippen molar-refractivity contribution in [2.75, 3.05) is 31.9 Å². The van der Waals surface area contributed by atoms with Gasteiger partial charge < -0.3 is 14.7 Å². The molecule has 0 saturated heterocycles. The lowest BCUT2D eigenvalue weighted by atomic mass is 9.68. The van der Waals surface area contributed by atoms with E-state index in [1.54, 1.807) is 20.1 Å². The van der Waals surface area contributed by atoms with Gasteiger partial charge in [0.1, 0.15) is 5.75 Å². The van der Waals surface area contributed by atoms with Crippen molar-refractivity contribution in [1.82, 2.24) is 0 Å². The number of hydrogen-bond acceptors (Lipinski definition) is 11. The van der Waals surface area contributed by atoms with Crippen LogP contribution in [0.1, 0.15) is 101 Å². The van der Waals surface area contributed by atoms with E-state index in [9.17, 15) is 13.5 Å². The van der Waals surface area contributed by atoms with Crippen LogP contribution in [0, 0.1) is 160 Å². The summed E-state index contributed by atoms with van der Waals surface area (Å²) in [7, 11) is 1.92. The zero-order valence-electron chi connectivity index (χ0n) is 37.3. The quantitative estimate of drug-likeness (QED) is 0.0919. The van der Waals surface area contributed by atoms with Gasteiger partial charge in [-0.3, -0.25) is 0 Å². The van der Waals surface area contributed by atoms with Gasteiger partial charge in [0.2, 0.25) is 0 Å². The van der Waals surface area contributed by atoms with Gasteiger partial charge in [-0.2, -0.15) is 4.99 Å². The molecule has 0 fully saturated rings. The van der Waals surface area contributed by atoms with E-state index in [2.05, 4.69) is 194 Å². The SMILES string of the molecule is C#CC#CC#CC#CC#CC#CC#CC#CC#CC#CC#CC#CC#CC.CCCCC1(CCCC)CS(=O)(=O)c2ccc(N(C)C)cc2[C@@H](c2cccc(OC)c2)[C@H]1O.OOOON=S.[HH].[HH].[HH].[HH].[HH].[HH].[HH].[HH].[HH].[HH].[HH].[HH].[HH].[HH].[HH].[HH].[HH]. The van der Waals surface area contributed by atoms with Gasteiger partial charge in [0.15, 0.2) is 9.84 Å². The average molecular weight is 947 g/mol. The highest BCUT2D eigenvalue weighted by atomic mass is 32.2. The Hall–Kier alpha value is -8.07. The number of terminal acetylenes is 1. The van der Waals surface area contributed by atoms with Crippen LogP contribution in [0.25, 0.3) is 0 Å². The molecule has 10 nitrogen and oxygen atoms in total. The predicted octanol–water partition coefficient (Wildman–Crippen LogP) is 10.3. The van der Waals surface area contributed by atoms with E-state index in [0.29, 0.717) is 29.1 Å². The Labute approximate surface area is 421 Å². The van der Waals surface area contributed by atoms with Gasteiger partial charge in [-0.15, -0.1) is 6.42 Å². The van der Waals surface area contributed by atoms with Crippen LogP contribution >= 0.6 is 0 Å². The molecule has 0 spiro atoms. The summed E-state index contributed by atoms with van der Waals surface area (Å²) in [4.78, 5) is 5.76. The molecule has 1 aliphatic heterocycles. The Morgan fingerprint density at radius 3 is 1.62 bits per heavy atom. The van der Waals surface area contributed by atoms with Crippen LogP contribution in [0.2, 0.25) is 0 Å². The molecule has 1 heterocycles. The zero-order valence-corrected chi connectivity index (χ0v) is 38.9. The number of ether oxygens (including phenoxy) is 1. The van der Waals surface area contributed by atoms with Crippen LogP contribution in [0.4, 0.5) is 5.69 Å². The second kappa shape index (κ2) is 34.4. The number of unbranched alkanes of at least 4 members (excludes halogenated alkanes) is 2. The highest BCUT2D eigenvalue weighted by Gasteiger charge is 2.49. The minimum atomic E-state index is -3.59. The highest BCUT2D eigenvalue weighted by molar-refractivity contribution is 7.91. The molecule has 0 amide bonds. The van der Waals surface area contributed by atoms with Gasteiger partial charge in [0, 0.05) is 112 Å². The molecule has 0 aromatic heterocycles. The smallest absolute Gasteiger partial charge is 0.179 e. The van der Waals surface area contributed by atoms with Crippen LogP contribution in [0.5, 0.6) is 5.75 Å². The Balaban J connectivity index is -0.0000000541. The van der Waals surface area contributed by atoms with E-state index < -0.39 is 27.3 Å². The standard InChI is InChI=1S/C27H39NO4S.C27H4.HNO4S.17H2/c1-6-8-15-27(16-9-7-2)19-33(30,31)24-14-13-21(28(3)4)18-23(24)25(26(27)29)20-11-10-12-22(17-20)32-5;1-3-5-7-9-11-13-15-17-19-21-23-25-27-26-24-22-20-18-16-14-12-10-8-6-4-2;2-4-5-3-1-6;;;;;;;;;;;;;;;;;/h10-14,17-18,25-26,29H,6-9,15-16,19H2,1-5H3;1H,2H3;2H;17*1H/t25-,26-;;;;;;;;;;;;;;;;;;;/m1.................../s1. The van der Waals surface area contributed by atoms with Crippen molar-refractivity contribution < 1.29 is 62.8 Å². The summed E-state index contributed by atoms with van der Waals surface area (Å²) in [5.41, 5.74) is 1.78. The van der Waals surface area contributed by atoms with Crippen LogP contribution < -0.4 is 9.64 Å². The van der Waals surface area contributed by atoms with Crippen molar-refractivity contribution in [2.45, 2.75) is 76.2 Å². The monoisotopic (exact) mass is 947 g/mol. The number of methoxy groups -OCH3 is 1. The van der Waals surface area contributed by atoms with E-state index in [4.69, 9.17) is 16.4 Å². The maximum absolute atomic E-state index is 13.8. The number of nitrogens with zero attached hydrogens (tertiary/aromatic N) is 2. The van der Waals surface area contributed by atoms with E-state index in [0.717, 1.165) is 36.9 Å². The van der Waals surface area contributed by atoms with Crippen molar-refractivity contribution in [3.8, 4) is 160 Å². The first-order chi connectivity index (χ1) is 32.0. The topological polar surface area (TPSA) is 127 Å². The maximum Gasteiger partial charge on any atom is 0.179 e. The molecule has 1 aliphatic rings. The summed E-state index contributed by atoms with van der Waals surface area (Å²) in [6.07, 6.45) is 9.18. The van der Waals surface area contributed by atoms with Crippen molar-refractivity contribution >= 4 is 27.9 Å². The molecular weight excluding hydrogens is 869 g/mol. The Kier molecular flexibility index (Phi) is 29.2. The molecule has 2 atom stereocenters. The summed E-state index contributed by atoms with van der Waals surface area (Å²) in [6.45, 7) is 5.92. The van der Waals surface area contributed by atoms with Crippen molar-refractivity contribution in [2.24, 2.45) is 9.94 Å². The fourth-order valence-corrected chi connectivity index (χ4v) is 8.22. The number of aliphatic hydroxyl groups excluding tert-OH is 1. The molecule has 0 radical (unpaired) electrons. The summed E-state index contributed by atoms with van der Waals surface area (Å²) in [6, 6.07) is 13.2. The molecule has 0 bridgehead atoms. The van der Waals surface area contributed by atoms with E-state index >= 15 is 0 Å². The lowest BCUT2D eigenvalue weighted by Gasteiger charge is -2.40. The first-order valence-corrected chi connectivity index (χ1v) is 21.7. The van der Waals surface area contributed by atoms with Crippen molar-refractivity contribution in [3.05, 3.63) is 53.6 Å². The maximum atomic E-state index is 13.8. The second-order valence-corrected chi connectivity index (χ2v) is 15.3. The number of hydrogen-bond donors (Lipinski definition) is 2. The Morgan fingerprint density at radius 1 is 0.773 bits per heavy atom. The van der Waals surface area contributed by atoms with Crippen LogP contribution in [0.3, 0.4) is 0 Å². The lowest BCUT2D eigenvalue weighted by Crippen LogP contribution is -2.43. The zero-order chi connectivity index (χ0) is 48.7. The number of aliphatic hydroxyl groups is 1. The molecule has 3 rings (SSSR count). The number of benzene rings is 2. The number of rotatable bonds is 12. The number of anilines is 1. The molecule has 2 aromatic rings. The fraction of sp³-hybridized carbons (Fsp3) is 0.296. The Bertz CT molecular complexity index is 3010. The minimum absolute atomic E-state index is 0. The molecule has 2 N–H and O–H groups in total. The lowest BCUT2D eigenvalue weighted by molar-refractivity contribution is -0.623. The van der Waals surface area contributed by atoms with Crippen LogP contribution in [-0.4, -0.2) is 51.8 Å². The normalized spacial score (nSPS) is 12.8. The van der Waals surface area contributed by atoms with Gasteiger partial charge in [-0.25, -0.2) is 13.7 Å². The third-order valence-electron chi connectivity index (χ3n) is 8.77.